The van der Waals surface area contributed by atoms with Gasteiger partial charge in [0.25, 0.3) is 0 Å². The smallest absolute Gasteiger partial charge is 0.323 e. The third-order valence-corrected chi connectivity index (χ3v) is 5.51. The number of hydrogen-bond acceptors (Lipinski definition) is 5. The van der Waals surface area contributed by atoms with Crippen LogP contribution in [0.5, 0.6) is 0 Å². The average Bonchev–Trinajstić information content (AvgIpc) is 3.03. The monoisotopic (exact) mass is 332 g/mol. The normalized spacial score (nSPS) is 30.9. The summed E-state index contributed by atoms with van der Waals surface area (Å²) in [4.78, 5) is 24.0. The zero-order valence-corrected chi connectivity index (χ0v) is 13.9. The van der Waals surface area contributed by atoms with Crippen molar-refractivity contribution in [3.05, 3.63) is 46.0 Å². The molecule has 6 nitrogen and oxygen atoms in total. The molecule has 0 radical (unpaired) electrons. The van der Waals surface area contributed by atoms with Crippen LogP contribution >= 0.6 is 0 Å². The van der Waals surface area contributed by atoms with Crippen molar-refractivity contribution in [2.75, 3.05) is 7.11 Å². The average molecular weight is 332 g/mol. The Morgan fingerprint density at radius 3 is 2.46 bits per heavy atom. The van der Waals surface area contributed by atoms with Crippen LogP contribution in [0.2, 0.25) is 0 Å². The van der Waals surface area contributed by atoms with Crippen LogP contribution in [0.25, 0.3) is 0 Å². The second kappa shape index (κ2) is 7.30. The van der Waals surface area contributed by atoms with Gasteiger partial charge in [-0.15, -0.1) is 0 Å². The molecule has 2 fully saturated rings. The van der Waals surface area contributed by atoms with Crippen molar-refractivity contribution in [1.82, 2.24) is 5.32 Å². The van der Waals surface area contributed by atoms with E-state index in [1.54, 1.807) is 0 Å². The molecule has 1 aromatic rings. The Labute approximate surface area is 141 Å². The topological polar surface area (TPSA) is 81.5 Å². The number of benzene rings is 1. The number of carbonyl (C=O) groups is 1. The van der Waals surface area contributed by atoms with Gasteiger partial charge in [-0.05, 0) is 24.3 Å². The van der Waals surface area contributed by atoms with Crippen molar-refractivity contribution in [2.45, 2.75) is 56.1 Å². The van der Waals surface area contributed by atoms with E-state index in [9.17, 15) is 14.9 Å². The summed E-state index contributed by atoms with van der Waals surface area (Å²) in [5.41, 5.74) is 0.820. The highest BCUT2D eigenvalue weighted by Crippen LogP contribution is 2.40. The number of nitrogens with one attached hydrogen (secondary N) is 1. The van der Waals surface area contributed by atoms with E-state index in [0.29, 0.717) is 0 Å². The lowest BCUT2D eigenvalue weighted by Gasteiger charge is -2.28. The standard InChI is InChI=1S/C18H24N2O4/c1-24-18(21)16-14(12-8-4-2-5-9-12)17(20(22)23)15(19-16)13-10-6-3-7-11-13/h2,4-5,8-9,13-17,19H,3,6-7,10-11H2,1H3/t14-,15+,16+,17+/m1/s1. The van der Waals surface area contributed by atoms with Crippen molar-refractivity contribution in [3.8, 4) is 0 Å². The highest BCUT2D eigenvalue weighted by Gasteiger charge is 2.56. The number of methoxy groups -OCH3 is 1. The van der Waals surface area contributed by atoms with Crippen molar-refractivity contribution < 1.29 is 14.5 Å². The lowest BCUT2D eigenvalue weighted by molar-refractivity contribution is -0.528. The van der Waals surface area contributed by atoms with E-state index in [1.165, 1.54) is 13.5 Å². The third kappa shape index (κ3) is 3.15. The van der Waals surface area contributed by atoms with Gasteiger partial charge in [0.2, 0.25) is 6.04 Å². The van der Waals surface area contributed by atoms with Crippen LogP contribution < -0.4 is 5.32 Å². The molecule has 1 aromatic carbocycles. The van der Waals surface area contributed by atoms with E-state index < -0.39 is 24.0 Å². The molecule has 1 aliphatic heterocycles. The molecule has 1 saturated carbocycles. The van der Waals surface area contributed by atoms with Gasteiger partial charge in [0.15, 0.2) is 0 Å². The SMILES string of the molecule is COC(=O)[C@H]1N[C@@H](C2CCCCC2)[C@@H]([N+](=O)[O-])[C@@H]1c1ccccc1. The first-order valence-corrected chi connectivity index (χ1v) is 8.66. The van der Waals surface area contributed by atoms with Crippen LogP contribution in [0, 0.1) is 16.0 Å². The quantitative estimate of drug-likeness (QED) is 0.520. The fraction of sp³-hybridized carbons (Fsp3) is 0.611. The van der Waals surface area contributed by atoms with Crippen molar-refractivity contribution >= 4 is 5.97 Å². The molecular formula is C18H24N2O4. The minimum Gasteiger partial charge on any atom is -0.468 e. The lowest BCUT2D eigenvalue weighted by atomic mass is 9.78. The number of esters is 1. The second-order valence-electron chi connectivity index (χ2n) is 6.80. The van der Waals surface area contributed by atoms with Gasteiger partial charge in [-0.25, -0.2) is 0 Å². The number of nitrogens with zero attached hydrogens (tertiary/aromatic N) is 1. The maximum absolute atomic E-state index is 12.3. The number of carbonyl (C=O) groups excluding carboxylic acids is 1. The van der Waals surface area contributed by atoms with Gasteiger partial charge in [0, 0.05) is 4.92 Å². The molecule has 0 aromatic heterocycles. The molecule has 1 saturated heterocycles. The van der Waals surface area contributed by atoms with Crippen molar-refractivity contribution in [2.24, 2.45) is 5.92 Å². The number of hydrogen-bond donors (Lipinski definition) is 1. The van der Waals surface area contributed by atoms with E-state index in [-0.39, 0.29) is 16.9 Å². The zero-order chi connectivity index (χ0) is 17.1. The van der Waals surface area contributed by atoms with Gasteiger partial charge < -0.3 is 4.74 Å². The summed E-state index contributed by atoms with van der Waals surface area (Å²) in [5, 5.41) is 15.2. The number of rotatable bonds is 4. The summed E-state index contributed by atoms with van der Waals surface area (Å²) in [6.07, 6.45) is 5.36. The molecule has 2 aliphatic rings. The van der Waals surface area contributed by atoms with Gasteiger partial charge >= 0.3 is 5.97 Å². The summed E-state index contributed by atoms with van der Waals surface area (Å²) in [5.74, 6) is -0.676. The van der Waals surface area contributed by atoms with E-state index >= 15 is 0 Å². The fourth-order valence-electron chi connectivity index (χ4n) is 4.41. The maximum atomic E-state index is 12.3. The van der Waals surface area contributed by atoms with E-state index in [2.05, 4.69) is 5.32 Å². The van der Waals surface area contributed by atoms with Crippen molar-refractivity contribution in [1.29, 1.82) is 0 Å². The van der Waals surface area contributed by atoms with Gasteiger partial charge in [0.05, 0.1) is 19.1 Å². The summed E-state index contributed by atoms with van der Waals surface area (Å²) in [7, 11) is 1.33. The molecule has 3 rings (SSSR count). The fourth-order valence-corrected chi connectivity index (χ4v) is 4.41. The molecule has 4 atom stereocenters. The summed E-state index contributed by atoms with van der Waals surface area (Å²) < 4.78 is 4.93. The minimum atomic E-state index is -0.806. The van der Waals surface area contributed by atoms with E-state index in [1.807, 2.05) is 30.3 Å². The van der Waals surface area contributed by atoms with Gasteiger partial charge in [-0.2, -0.15) is 0 Å². The highest BCUT2D eigenvalue weighted by atomic mass is 16.6. The molecule has 1 N–H and O–H groups in total. The van der Waals surface area contributed by atoms with E-state index in [0.717, 1.165) is 31.2 Å². The van der Waals surface area contributed by atoms with Crippen LogP contribution in [0.1, 0.15) is 43.6 Å². The Morgan fingerprint density at radius 1 is 1.21 bits per heavy atom. The molecule has 24 heavy (non-hydrogen) atoms. The van der Waals surface area contributed by atoms with Crippen LogP contribution in [-0.2, 0) is 9.53 Å². The maximum Gasteiger partial charge on any atom is 0.323 e. The van der Waals surface area contributed by atoms with E-state index in [4.69, 9.17) is 4.74 Å². The largest absolute Gasteiger partial charge is 0.468 e. The lowest BCUT2D eigenvalue weighted by Crippen LogP contribution is -2.44. The number of ether oxygens (including phenoxy) is 1. The Balaban J connectivity index is 1.97. The second-order valence-corrected chi connectivity index (χ2v) is 6.80. The first-order chi connectivity index (χ1) is 11.6. The van der Waals surface area contributed by atoms with Crippen LogP contribution in [-0.4, -0.2) is 36.1 Å². The molecular weight excluding hydrogens is 308 g/mol. The molecule has 6 heteroatoms. The van der Waals surface area contributed by atoms with Gasteiger partial charge in [-0.1, -0.05) is 49.6 Å². The predicted octanol–water partition coefficient (Wildman–Crippen LogP) is 2.51. The predicted molar refractivity (Wildman–Crippen MR) is 89.3 cm³/mol. The van der Waals surface area contributed by atoms with Gasteiger partial charge in [-0.3, -0.25) is 20.2 Å². The molecule has 0 unspecified atom stereocenters. The van der Waals surface area contributed by atoms with Crippen LogP contribution in [0.4, 0.5) is 0 Å². The van der Waals surface area contributed by atoms with Gasteiger partial charge in [0.1, 0.15) is 6.04 Å². The van der Waals surface area contributed by atoms with Crippen LogP contribution in [0.15, 0.2) is 30.3 Å². The zero-order valence-electron chi connectivity index (χ0n) is 13.9. The molecule has 1 heterocycles. The molecule has 1 aliphatic carbocycles. The van der Waals surface area contributed by atoms with Crippen LogP contribution in [0.3, 0.4) is 0 Å². The molecule has 0 bridgehead atoms. The first kappa shape index (κ1) is 16.9. The minimum absolute atomic E-state index is 0.202. The Bertz CT molecular complexity index is 586. The van der Waals surface area contributed by atoms with Crippen molar-refractivity contribution in [3.63, 3.8) is 0 Å². The highest BCUT2D eigenvalue weighted by molar-refractivity contribution is 5.78. The third-order valence-electron chi connectivity index (χ3n) is 5.51. The molecule has 130 valence electrons. The Morgan fingerprint density at radius 2 is 1.88 bits per heavy atom. The summed E-state index contributed by atoms with van der Waals surface area (Å²) in [6.45, 7) is 0. The Kier molecular flexibility index (Phi) is 5.14. The summed E-state index contributed by atoms with van der Waals surface area (Å²) in [6, 6.07) is 7.56. The Hall–Kier alpha value is -1.95. The number of nitro groups is 1. The molecule has 0 amide bonds. The summed E-state index contributed by atoms with van der Waals surface area (Å²) >= 11 is 0. The molecule has 0 spiro atoms. The first-order valence-electron chi connectivity index (χ1n) is 8.66.